The molecule has 3 amide bonds. The first-order chi connectivity index (χ1) is 15.9. The SMILES string of the molecule is CCN(CCO)c1ccc(N2C(=O)N=C([O-])/C(=C/c3ccc([NH+](CC)CC)cc3)C2=O)cc1. The molecule has 0 bridgehead atoms. The number of carbonyl (C=O) groups excluding carboxylic acids is 2. The van der Waals surface area contributed by atoms with Crippen molar-refractivity contribution in [2.24, 2.45) is 4.99 Å². The minimum Gasteiger partial charge on any atom is -0.858 e. The highest BCUT2D eigenvalue weighted by Gasteiger charge is 2.30. The van der Waals surface area contributed by atoms with E-state index in [1.165, 1.54) is 11.0 Å². The van der Waals surface area contributed by atoms with E-state index in [4.69, 9.17) is 0 Å². The van der Waals surface area contributed by atoms with Gasteiger partial charge in [-0.3, -0.25) is 4.79 Å². The summed E-state index contributed by atoms with van der Waals surface area (Å²) in [5, 5.41) is 21.6. The molecule has 1 aliphatic heterocycles. The number of carbonyl (C=O) groups is 2. The predicted octanol–water partition coefficient (Wildman–Crippen LogP) is 1.37. The van der Waals surface area contributed by atoms with Crippen molar-refractivity contribution in [1.82, 2.24) is 0 Å². The van der Waals surface area contributed by atoms with Gasteiger partial charge in [0.05, 0.1) is 31.0 Å². The molecule has 8 nitrogen and oxygen atoms in total. The van der Waals surface area contributed by atoms with Gasteiger partial charge in [0.25, 0.3) is 5.91 Å². The monoisotopic (exact) mass is 450 g/mol. The summed E-state index contributed by atoms with van der Waals surface area (Å²) in [4.78, 5) is 33.3. The van der Waals surface area contributed by atoms with Gasteiger partial charge in [-0.05, 0) is 80.9 Å². The normalized spacial score (nSPS) is 15.4. The van der Waals surface area contributed by atoms with Crippen LogP contribution in [0.1, 0.15) is 26.3 Å². The summed E-state index contributed by atoms with van der Waals surface area (Å²) in [5.41, 5.74) is 2.84. The fourth-order valence-corrected chi connectivity index (χ4v) is 3.89. The van der Waals surface area contributed by atoms with E-state index < -0.39 is 17.8 Å². The molecule has 0 spiro atoms. The lowest BCUT2D eigenvalue weighted by atomic mass is 10.1. The van der Waals surface area contributed by atoms with Gasteiger partial charge in [0.15, 0.2) is 0 Å². The third kappa shape index (κ3) is 5.30. The van der Waals surface area contributed by atoms with Crippen molar-refractivity contribution < 1.29 is 24.7 Å². The Morgan fingerprint density at radius 1 is 1.03 bits per heavy atom. The van der Waals surface area contributed by atoms with Crippen molar-refractivity contribution in [3.05, 3.63) is 59.7 Å². The summed E-state index contributed by atoms with van der Waals surface area (Å²) in [6.45, 7) is 9.30. The maximum atomic E-state index is 13.1. The zero-order valence-corrected chi connectivity index (χ0v) is 19.2. The number of quaternary nitrogens is 1. The van der Waals surface area contributed by atoms with Gasteiger partial charge in [0.1, 0.15) is 5.69 Å². The standard InChI is InChI=1S/C25H30N4O4/c1-4-27(5-2)19-9-7-18(8-10-19)17-22-23(31)26-25(33)29(24(22)32)21-13-11-20(12-14-21)28(6-3)15-16-30/h7-14,17,30H,4-6,15-16H2,1-3H3,(H,26,31,33)/b22-17-. The smallest absolute Gasteiger partial charge is 0.354 e. The predicted molar refractivity (Wildman–Crippen MR) is 128 cm³/mol. The Morgan fingerprint density at radius 2 is 1.67 bits per heavy atom. The molecule has 1 aliphatic rings. The van der Waals surface area contributed by atoms with Gasteiger partial charge >= 0.3 is 6.03 Å². The second-order valence-corrected chi connectivity index (χ2v) is 7.65. The van der Waals surface area contributed by atoms with E-state index in [2.05, 4.69) is 18.8 Å². The van der Waals surface area contributed by atoms with Crippen molar-refractivity contribution in [1.29, 1.82) is 0 Å². The van der Waals surface area contributed by atoms with Crippen LogP contribution in [0.25, 0.3) is 6.08 Å². The molecule has 1 heterocycles. The van der Waals surface area contributed by atoms with Crippen LogP contribution in [0.15, 0.2) is 59.1 Å². The molecule has 3 rings (SSSR count). The van der Waals surface area contributed by atoms with Crippen LogP contribution in [0.2, 0.25) is 0 Å². The molecule has 0 radical (unpaired) electrons. The number of aliphatic hydroxyl groups excluding tert-OH is 1. The van der Waals surface area contributed by atoms with Crippen LogP contribution in [0.4, 0.5) is 21.9 Å². The molecule has 2 aromatic rings. The van der Waals surface area contributed by atoms with E-state index in [1.807, 2.05) is 36.1 Å². The highest BCUT2D eigenvalue weighted by atomic mass is 16.3. The van der Waals surface area contributed by atoms with E-state index >= 15 is 0 Å². The highest BCUT2D eigenvalue weighted by molar-refractivity contribution is 6.36. The van der Waals surface area contributed by atoms with E-state index in [9.17, 15) is 19.8 Å². The quantitative estimate of drug-likeness (QED) is 0.562. The number of anilines is 2. The summed E-state index contributed by atoms with van der Waals surface area (Å²) in [5.74, 6) is -1.54. The molecule has 33 heavy (non-hydrogen) atoms. The largest absolute Gasteiger partial charge is 0.858 e. The Morgan fingerprint density at radius 3 is 2.21 bits per heavy atom. The summed E-state index contributed by atoms with van der Waals surface area (Å²) in [7, 11) is 0. The van der Waals surface area contributed by atoms with Gasteiger partial charge in [-0.15, -0.1) is 0 Å². The van der Waals surface area contributed by atoms with Gasteiger partial charge < -0.3 is 20.0 Å². The first kappa shape index (κ1) is 24.2. The molecule has 0 aromatic heterocycles. The number of benzene rings is 2. The molecule has 2 aromatic carbocycles. The minimum absolute atomic E-state index is 0.0189. The van der Waals surface area contributed by atoms with Crippen molar-refractivity contribution in [3.63, 3.8) is 0 Å². The third-order valence-corrected chi connectivity index (χ3v) is 5.76. The summed E-state index contributed by atoms with van der Waals surface area (Å²) in [6.07, 6.45) is 1.48. The lowest BCUT2D eigenvalue weighted by Crippen LogP contribution is -3.06. The number of rotatable bonds is 9. The van der Waals surface area contributed by atoms with E-state index in [-0.39, 0.29) is 12.2 Å². The zero-order valence-electron chi connectivity index (χ0n) is 19.2. The fourth-order valence-electron chi connectivity index (χ4n) is 3.89. The molecular formula is C25H30N4O4. The third-order valence-electron chi connectivity index (χ3n) is 5.76. The van der Waals surface area contributed by atoms with Gasteiger partial charge in [0, 0.05) is 24.7 Å². The first-order valence-corrected chi connectivity index (χ1v) is 11.2. The lowest BCUT2D eigenvalue weighted by Gasteiger charge is -2.28. The maximum Gasteiger partial charge on any atom is 0.354 e. The lowest BCUT2D eigenvalue weighted by molar-refractivity contribution is -0.828. The molecule has 0 atom stereocenters. The maximum absolute atomic E-state index is 13.1. The minimum atomic E-state index is -0.905. The Kier molecular flexibility index (Phi) is 7.97. The fraction of sp³-hybridized carbons (Fsp3) is 0.320. The van der Waals surface area contributed by atoms with Crippen molar-refractivity contribution in [2.75, 3.05) is 42.6 Å². The van der Waals surface area contributed by atoms with Gasteiger partial charge in [0.2, 0.25) is 0 Å². The number of nitrogens with zero attached hydrogens (tertiary/aromatic N) is 3. The number of hydrogen-bond donors (Lipinski definition) is 2. The number of aliphatic imine (C=N–C) groups is 1. The number of likely N-dealkylation sites (N-methyl/N-ethyl adjacent to an activating group) is 1. The number of nitrogens with one attached hydrogen (secondary N) is 1. The van der Waals surface area contributed by atoms with Crippen LogP contribution >= 0.6 is 0 Å². The Labute approximate surface area is 194 Å². The molecular weight excluding hydrogens is 420 g/mol. The van der Waals surface area contributed by atoms with Gasteiger partial charge in [-0.2, -0.15) is 0 Å². The number of hydrogen-bond acceptors (Lipinski definition) is 5. The second-order valence-electron chi connectivity index (χ2n) is 7.65. The Bertz CT molecular complexity index is 1040. The Balaban J connectivity index is 1.88. The first-order valence-electron chi connectivity index (χ1n) is 11.2. The number of amides is 3. The van der Waals surface area contributed by atoms with Crippen LogP contribution in [-0.2, 0) is 4.79 Å². The van der Waals surface area contributed by atoms with Crippen LogP contribution in [0.5, 0.6) is 0 Å². The molecule has 0 saturated carbocycles. The van der Waals surface area contributed by atoms with Crippen molar-refractivity contribution >= 4 is 41.0 Å². The number of aliphatic hydroxyl groups is 1. The van der Waals surface area contributed by atoms with E-state index in [0.29, 0.717) is 24.3 Å². The van der Waals surface area contributed by atoms with Crippen molar-refractivity contribution in [2.45, 2.75) is 20.8 Å². The average molecular weight is 451 g/mol. The molecule has 0 fully saturated rings. The molecule has 0 aliphatic carbocycles. The highest BCUT2D eigenvalue weighted by Crippen LogP contribution is 2.25. The molecule has 2 N–H and O–H groups in total. The van der Waals surface area contributed by atoms with E-state index in [1.54, 1.807) is 24.3 Å². The molecule has 0 saturated heterocycles. The van der Waals surface area contributed by atoms with E-state index in [0.717, 1.165) is 29.4 Å². The zero-order chi connectivity index (χ0) is 24.0. The molecule has 0 unspecified atom stereocenters. The average Bonchev–Trinajstić information content (AvgIpc) is 2.82. The summed E-state index contributed by atoms with van der Waals surface area (Å²) in [6, 6.07) is 13.5. The van der Waals surface area contributed by atoms with Crippen LogP contribution < -0.4 is 19.8 Å². The van der Waals surface area contributed by atoms with Crippen LogP contribution in [0.3, 0.4) is 0 Å². The molecule has 8 heteroatoms. The van der Waals surface area contributed by atoms with Crippen LogP contribution in [-0.4, -0.2) is 55.7 Å². The summed E-state index contributed by atoms with van der Waals surface area (Å²) >= 11 is 0. The Hall–Kier alpha value is -3.49. The summed E-state index contributed by atoms with van der Waals surface area (Å²) < 4.78 is 0. The molecule has 174 valence electrons. The topological polar surface area (TPSA) is 101 Å². The van der Waals surface area contributed by atoms with Gasteiger partial charge in [-0.25, -0.2) is 14.7 Å². The second kappa shape index (κ2) is 10.9. The number of imide groups is 1. The van der Waals surface area contributed by atoms with Gasteiger partial charge in [-0.1, -0.05) is 0 Å². The van der Waals surface area contributed by atoms with Crippen LogP contribution in [0, 0.1) is 0 Å². The van der Waals surface area contributed by atoms with Crippen molar-refractivity contribution in [3.8, 4) is 0 Å². The number of urea groups is 1.